The maximum absolute atomic E-state index is 12.4. The molecule has 2 rings (SSSR count). The molecule has 25 heavy (non-hydrogen) atoms. The van der Waals surface area contributed by atoms with Crippen molar-refractivity contribution in [2.75, 3.05) is 7.11 Å². The fourth-order valence-corrected chi connectivity index (χ4v) is 2.34. The average Bonchev–Trinajstić information content (AvgIpc) is 2.61. The number of rotatable bonds is 6. The molecule has 0 unspecified atom stereocenters. The first kappa shape index (κ1) is 18.3. The van der Waals surface area contributed by atoms with E-state index in [2.05, 4.69) is 5.32 Å². The number of hydrogen-bond acceptors (Lipinski definition) is 6. The van der Waals surface area contributed by atoms with Crippen LogP contribution in [0.5, 0.6) is 11.5 Å². The molecule has 0 aromatic heterocycles. The zero-order valence-electron chi connectivity index (χ0n) is 13.7. The van der Waals surface area contributed by atoms with Gasteiger partial charge in [-0.25, -0.2) is 4.79 Å². The summed E-state index contributed by atoms with van der Waals surface area (Å²) in [7, 11) is 1.19. The van der Waals surface area contributed by atoms with Gasteiger partial charge in [0.25, 0.3) is 0 Å². The first-order valence-corrected chi connectivity index (χ1v) is 7.62. The van der Waals surface area contributed by atoms with Crippen LogP contribution in [0.25, 0.3) is 0 Å². The lowest BCUT2D eigenvalue weighted by molar-refractivity contribution is -0.145. The number of nitrogens with one attached hydrogen (secondary N) is 1. The topological polar surface area (TPSA) is 122 Å². The molecule has 0 fully saturated rings. The minimum atomic E-state index is -1.16. The predicted octanol–water partition coefficient (Wildman–Crippen LogP) is 0.998. The number of phenols is 2. The fourth-order valence-electron chi connectivity index (χ4n) is 2.34. The molecule has 1 amide bonds. The lowest BCUT2D eigenvalue weighted by Crippen LogP contribution is -2.45. The minimum Gasteiger partial charge on any atom is -0.508 e. The summed E-state index contributed by atoms with van der Waals surface area (Å²) < 4.78 is 4.70. The van der Waals surface area contributed by atoms with Gasteiger partial charge >= 0.3 is 5.97 Å². The van der Waals surface area contributed by atoms with Gasteiger partial charge in [-0.15, -0.1) is 0 Å². The number of methoxy groups -OCH3 is 1. The van der Waals surface area contributed by atoms with Gasteiger partial charge < -0.3 is 26.0 Å². The Kier molecular flexibility index (Phi) is 5.97. The van der Waals surface area contributed by atoms with Gasteiger partial charge in [0.1, 0.15) is 11.5 Å². The van der Waals surface area contributed by atoms with Crippen LogP contribution in [0.4, 0.5) is 0 Å². The molecule has 0 spiro atoms. The number of hydrogen-bond donors (Lipinski definition) is 4. The monoisotopic (exact) mass is 344 g/mol. The number of phenolic OH excluding ortho intramolecular Hbond substituents is 2. The number of benzene rings is 2. The maximum atomic E-state index is 12.4. The third-order valence-corrected chi connectivity index (χ3v) is 3.70. The van der Waals surface area contributed by atoms with Crippen LogP contribution in [-0.2, 0) is 20.7 Å². The normalized spacial score (nSPS) is 12.9. The van der Waals surface area contributed by atoms with E-state index in [0.29, 0.717) is 0 Å². The second kappa shape index (κ2) is 8.16. The smallest absolute Gasteiger partial charge is 0.333 e. The molecule has 0 aliphatic carbocycles. The van der Waals surface area contributed by atoms with Crippen molar-refractivity contribution in [3.05, 3.63) is 59.7 Å². The Morgan fingerprint density at radius 3 is 2.36 bits per heavy atom. The SMILES string of the molecule is COC(=O)[C@@H](NC(=O)[C@@H](N)Cc1ccc(O)cc1)c1ccccc1O. The molecule has 0 saturated heterocycles. The van der Waals surface area contributed by atoms with Crippen LogP contribution in [0.1, 0.15) is 17.2 Å². The molecule has 0 radical (unpaired) electrons. The van der Waals surface area contributed by atoms with Crippen LogP contribution in [0.15, 0.2) is 48.5 Å². The Bertz CT molecular complexity index is 745. The van der Waals surface area contributed by atoms with Crippen molar-refractivity contribution in [3.8, 4) is 11.5 Å². The summed E-state index contributed by atoms with van der Waals surface area (Å²) in [6.45, 7) is 0. The molecular weight excluding hydrogens is 324 g/mol. The van der Waals surface area contributed by atoms with Gasteiger partial charge in [-0.05, 0) is 30.2 Å². The summed E-state index contributed by atoms with van der Waals surface area (Å²) in [6, 6.07) is 10.4. The Hall–Kier alpha value is -3.06. The molecule has 2 atom stereocenters. The number of para-hydroxylation sites is 1. The van der Waals surface area contributed by atoms with Crippen molar-refractivity contribution in [2.24, 2.45) is 5.73 Å². The van der Waals surface area contributed by atoms with Crippen molar-refractivity contribution in [1.82, 2.24) is 5.32 Å². The zero-order chi connectivity index (χ0) is 18.4. The highest BCUT2D eigenvalue weighted by molar-refractivity contribution is 5.88. The minimum absolute atomic E-state index is 0.118. The third kappa shape index (κ3) is 4.71. The van der Waals surface area contributed by atoms with E-state index in [0.717, 1.165) is 5.56 Å². The predicted molar refractivity (Wildman–Crippen MR) is 90.8 cm³/mol. The molecule has 2 aromatic rings. The molecule has 132 valence electrons. The summed E-state index contributed by atoms with van der Waals surface area (Å²) in [6.07, 6.45) is 0.223. The standard InChI is InChI=1S/C18H20N2O5/c1-25-18(24)16(13-4-2-3-5-15(13)22)20-17(23)14(19)10-11-6-8-12(21)9-7-11/h2-9,14,16,21-22H,10,19H2,1H3,(H,20,23)/t14-,16-/m0/s1. The van der Waals surface area contributed by atoms with E-state index in [1.54, 1.807) is 24.3 Å². The van der Waals surface area contributed by atoms with Gasteiger partial charge in [-0.3, -0.25) is 4.79 Å². The van der Waals surface area contributed by atoms with Crippen LogP contribution in [0, 0.1) is 0 Å². The van der Waals surface area contributed by atoms with E-state index in [1.807, 2.05) is 0 Å². The third-order valence-electron chi connectivity index (χ3n) is 3.70. The zero-order valence-corrected chi connectivity index (χ0v) is 13.7. The lowest BCUT2D eigenvalue weighted by Gasteiger charge is -2.20. The number of aromatic hydroxyl groups is 2. The first-order valence-electron chi connectivity index (χ1n) is 7.62. The molecule has 2 aromatic carbocycles. The highest BCUT2D eigenvalue weighted by Crippen LogP contribution is 2.24. The Morgan fingerprint density at radius 1 is 1.12 bits per heavy atom. The molecular formula is C18H20N2O5. The number of carbonyl (C=O) groups excluding carboxylic acids is 2. The summed E-state index contributed by atoms with van der Waals surface area (Å²) in [5, 5.41) is 21.7. The second-order valence-corrected chi connectivity index (χ2v) is 5.50. The number of carbonyl (C=O) groups is 2. The highest BCUT2D eigenvalue weighted by Gasteiger charge is 2.28. The fraction of sp³-hybridized carbons (Fsp3) is 0.222. The van der Waals surface area contributed by atoms with Gasteiger partial charge in [-0.2, -0.15) is 0 Å². The van der Waals surface area contributed by atoms with Crippen LogP contribution in [0.3, 0.4) is 0 Å². The summed E-state index contributed by atoms with van der Waals surface area (Å²) >= 11 is 0. The molecule has 5 N–H and O–H groups in total. The Labute approximate surface area is 145 Å². The van der Waals surface area contributed by atoms with Crippen LogP contribution in [-0.4, -0.2) is 35.2 Å². The van der Waals surface area contributed by atoms with Crippen LogP contribution < -0.4 is 11.1 Å². The van der Waals surface area contributed by atoms with Crippen LogP contribution >= 0.6 is 0 Å². The maximum Gasteiger partial charge on any atom is 0.333 e. The van der Waals surface area contributed by atoms with Gasteiger partial charge in [0.05, 0.1) is 13.2 Å². The molecule has 0 heterocycles. The van der Waals surface area contributed by atoms with Crippen molar-refractivity contribution in [1.29, 1.82) is 0 Å². The Morgan fingerprint density at radius 2 is 1.76 bits per heavy atom. The van der Waals surface area contributed by atoms with E-state index < -0.39 is 24.0 Å². The molecule has 0 aliphatic rings. The van der Waals surface area contributed by atoms with Gasteiger partial charge in [0.2, 0.25) is 5.91 Å². The molecule has 7 heteroatoms. The van der Waals surface area contributed by atoms with Crippen molar-refractivity contribution in [3.63, 3.8) is 0 Å². The molecule has 0 aliphatic heterocycles. The summed E-state index contributed by atoms with van der Waals surface area (Å²) in [5.74, 6) is -1.30. The van der Waals surface area contributed by atoms with E-state index in [-0.39, 0.29) is 23.5 Å². The molecule has 0 saturated carbocycles. The summed E-state index contributed by atoms with van der Waals surface area (Å²) in [5.41, 5.74) is 6.89. The highest BCUT2D eigenvalue weighted by atomic mass is 16.5. The largest absolute Gasteiger partial charge is 0.508 e. The van der Waals surface area contributed by atoms with Crippen LogP contribution in [0.2, 0.25) is 0 Å². The number of amides is 1. The summed E-state index contributed by atoms with van der Waals surface area (Å²) in [4.78, 5) is 24.4. The van der Waals surface area contributed by atoms with Gasteiger partial charge in [-0.1, -0.05) is 30.3 Å². The van der Waals surface area contributed by atoms with Crippen molar-refractivity contribution < 1.29 is 24.5 Å². The van der Waals surface area contributed by atoms with Crippen molar-refractivity contribution in [2.45, 2.75) is 18.5 Å². The van der Waals surface area contributed by atoms with E-state index in [9.17, 15) is 19.8 Å². The lowest BCUT2D eigenvalue weighted by atomic mass is 10.0. The number of ether oxygens (including phenoxy) is 1. The quantitative estimate of drug-likeness (QED) is 0.580. The van der Waals surface area contributed by atoms with Crippen molar-refractivity contribution >= 4 is 11.9 Å². The molecule has 0 bridgehead atoms. The van der Waals surface area contributed by atoms with Gasteiger partial charge in [0.15, 0.2) is 6.04 Å². The Balaban J connectivity index is 2.12. The van der Waals surface area contributed by atoms with E-state index in [1.165, 1.54) is 31.4 Å². The van der Waals surface area contributed by atoms with E-state index in [4.69, 9.17) is 10.5 Å². The molecule has 7 nitrogen and oxygen atoms in total. The average molecular weight is 344 g/mol. The second-order valence-electron chi connectivity index (χ2n) is 5.50. The van der Waals surface area contributed by atoms with Gasteiger partial charge in [0, 0.05) is 5.56 Å². The van der Waals surface area contributed by atoms with E-state index >= 15 is 0 Å². The first-order chi connectivity index (χ1) is 11.9. The number of esters is 1. The number of nitrogens with two attached hydrogens (primary N) is 1.